The molecular formula is C12H14O6. The largest absolute Gasteiger partial charge is 0.464 e. The molecule has 0 radical (unpaired) electrons. The number of esters is 3. The number of carbonyl (C=O) groups excluding carboxylic acids is 3. The first-order valence-electron chi connectivity index (χ1n) is 5.77. The number of allylic oxidation sites excluding steroid dienone is 1. The van der Waals surface area contributed by atoms with Crippen LogP contribution in [-0.2, 0) is 28.6 Å². The van der Waals surface area contributed by atoms with Crippen molar-refractivity contribution in [3.05, 3.63) is 12.2 Å². The highest BCUT2D eigenvalue weighted by Gasteiger charge is 2.65. The number of hydrogen-bond acceptors (Lipinski definition) is 6. The summed E-state index contributed by atoms with van der Waals surface area (Å²) in [7, 11) is 0. The maximum atomic E-state index is 12.0. The van der Waals surface area contributed by atoms with Crippen molar-refractivity contribution in [2.24, 2.45) is 11.8 Å². The Kier molecular flexibility index (Phi) is 3.21. The second-order valence-electron chi connectivity index (χ2n) is 4.15. The minimum Gasteiger partial charge on any atom is -0.464 e. The van der Waals surface area contributed by atoms with E-state index in [9.17, 15) is 14.4 Å². The molecule has 0 saturated carbocycles. The predicted molar refractivity (Wildman–Crippen MR) is 58.2 cm³/mol. The van der Waals surface area contributed by atoms with Crippen LogP contribution in [0.1, 0.15) is 13.8 Å². The highest BCUT2D eigenvalue weighted by atomic mass is 16.6. The average molecular weight is 254 g/mol. The van der Waals surface area contributed by atoms with Gasteiger partial charge in [-0.2, -0.15) is 0 Å². The van der Waals surface area contributed by atoms with E-state index < -0.39 is 35.3 Å². The molecule has 98 valence electrons. The van der Waals surface area contributed by atoms with E-state index in [2.05, 4.69) is 4.74 Å². The van der Waals surface area contributed by atoms with E-state index in [1.165, 1.54) is 6.08 Å². The SMILES string of the molecule is C/C=C\C1(C(=O)OCC)OCC2C(=O)OC(=O)C21. The number of fused-ring (bicyclic) bond motifs is 1. The van der Waals surface area contributed by atoms with Gasteiger partial charge in [-0.25, -0.2) is 4.79 Å². The van der Waals surface area contributed by atoms with Crippen molar-refractivity contribution in [2.45, 2.75) is 19.4 Å². The molecule has 2 aliphatic rings. The fourth-order valence-corrected chi connectivity index (χ4v) is 2.39. The van der Waals surface area contributed by atoms with E-state index in [0.717, 1.165) is 0 Å². The summed E-state index contributed by atoms with van der Waals surface area (Å²) in [4.78, 5) is 35.2. The van der Waals surface area contributed by atoms with Crippen molar-refractivity contribution in [2.75, 3.05) is 13.2 Å². The van der Waals surface area contributed by atoms with E-state index in [0.29, 0.717) is 0 Å². The Morgan fingerprint density at radius 1 is 1.50 bits per heavy atom. The molecule has 6 heteroatoms. The molecule has 2 fully saturated rings. The standard InChI is InChI=1S/C12H14O6/c1-3-5-12(11(15)16-4-2)8-7(6-17-12)9(13)18-10(8)14/h3,5,7-8H,4,6H2,1-2H3/b5-3-. The molecule has 2 saturated heterocycles. The molecule has 0 N–H and O–H groups in total. The first-order chi connectivity index (χ1) is 8.56. The van der Waals surface area contributed by atoms with Gasteiger partial charge in [0, 0.05) is 0 Å². The van der Waals surface area contributed by atoms with Crippen LogP contribution >= 0.6 is 0 Å². The lowest BCUT2D eigenvalue weighted by molar-refractivity contribution is -0.172. The molecule has 0 spiro atoms. The highest BCUT2D eigenvalue weighted by molar-refractivity contribution is 6.02. The van der Waals surface area contributed by atoms with Gasteiger partial charge in [-0.3, -0.25) is 9.59 Å². The molecule has 0 bridgehead atoms. The molecule has 3 unspecified atom stereocenters. The zero-order chi connectivity index (χ0) is 13.3. The van der Waals surface area contributed by atoms with Gasteiger partial charge < -0.3 is 14.2 Å². The van der Waals surface area contributed by atoms with E-state index in [-0.39, 0.29) is 13.2 Å². The van der Waals surface area contributed by atoms with Crippen LogP contribution < -0.4 is 0 Å². The molecule has 18 heavy (non-hydrogen) atoms. The van der Waals surface area contributed by atoms with Gasteiger partial charge in [0.15, 0.2) is 5.60 Å². The zero-order valence-corrected chi connectivity index (χ0v) is 10.2. The van der Waals surface area contributed by atoms with Crippen LogP contribution in [0.5, 0.6) is 0 Å². The van der Waals surface area contributed by atoms with E-state index in [4.69, 9.17) is 9.47 Å². The van der Waals surface area contributed by atoms with Crippen molar-refractivity contribution < 1.29 is 28.6 Å². The summed E-state index contributed by atoms with van der Waals surface area (Å²) in [5.41, 5.74) is -1.53. The minimum absolute atomic E-state index is 0.0155. The fourth-order valence-electron chi connectivity index (χ4n) is 2.39. The van der Waals surface area contributed by atoms with Crippen LogP contribution in [0.25, 0.3) is 0 Å². The lowest BCUT2D eigenvalue weighted by Gasteiger charge is -2.25. The second kappa shape index (κ2) is 4.53. The Hall–Kier alpha value is -1.69. The van der Waals surface area contributed by atoms with Crippen LogP contribution in [0.4, 0.5) is 0 Å². The Bertz CT molecular complexity index is 426. The summed E-state index contributed by atoms with van der Waals surface area (Å²) < 4.78 is 14.9. The molecule has 0 amide bonds. The summed E-state index contributed by atoms with van der Waals surface area (Å²) in [6, 6.07) is 0. The number of cyclic esters (lactones) is 2. The monoisotopic (exact) mass is 254 g/mol. The zero-order valence-electron chi connectivity index (χ0n) is 10.2. The number of ether oxygens (including phenoxy) is 3. The Labute approximate surface area is 104 Å². The van der Waals surface area contributed by atoms with Gasteiger partial charge in [-0.15, -0.1) is 0 Å². The van der Waals surface area contributed by atoms with Gasteiger partial charge in [-0.05, 0) is 19.9 Å². The minimum atomic E-state index is -1.53. The fraction of sp³-hybridized carbons (Fsp3) is 0.583. The van der Waals surface area contributed by atoms with Gasteiger partial charge in [0.05, 0.1) is 19.1 Å². The lowest BCUT2D eigenvalue weighted by Crippen LogP contribution is -2.46. The Morgan fingerprint density at radius 2 is 2.22 bits per heavy atom. The van der Waals surface area contributed by atoms with Crippen LogP contribution in [0.3, 0.4) is 0 Å². The Morgan fingerprint density at radius 3 is 2.83 bits per heavy atom. The molecule has 0 aliphatic carbocycles. The third-order valence-electron chi connectivity index (χ3n) is 3.13. The summed E-state index contributed by atoms with van der Waals surface area (Å²) >= 11 is 0. The molecule has 0 aromatic rings. The predicted octanol–water partition coefficient (Wildman–Crippen LogP) is 0.210. The molecule has 0 aromatic carbocycles. The number of rotatable bonds is 3. The van der Waals surface area contributed by atoms with Gasteiger partial charge in [-0.1, -0.05) is 6.08 Å². The first kappa shape index (κ1) is 12.8. The van der Waals surface area contributed by atoms with Crippen molar-refractivity contribution >= 4 is 17.9 Å². The normalized spacial score (nSPS) is 34.8. The van der Waals surface area contributed by atoms with Crippen molar-refractivity contribution in [1.82, 2.24) is 0 Å². The molecular weight excluding hydrogens is 240 g/mol. The summed E-state index contributed by atoms with van der Waals surface area (Å²) in [6.45, 7) is 3.51. The average Bonchev–Trinajstić information content (AvgIpc) is 2.82. The Balaban J connectivity index is 2.40. The maximum Gasteiger partial charge on any atom is 0.343 e. The van der Waals surface area contributed by atoms with Gasteiger partial charge >= 0.3 is 17.9 Å². The molecule has 0 aromatic heterocycles. The van der Waals surface area contributed by atoms with Crippen molar-refractivity contribution in [3.8, 4) is 0 Å². The highest BCUT2D eigenvalue weighted by Crippen LogP contribution is 2.43. The lowest BCUT2D eigenvalue weighted by atomic mass is 9.82. The van der Waals surface area contributed by atoms with Crippen molar-refractivity contribution in [3.63, 3.8) is 0 Å². The van der Waals surface area contributed by atoms with E-state index in [1.807, 2.05) is 0 Å². The second-order valence-corrected chi connectivity index (χ2v) is 4.15. The summed E-state index contributed by atoms with van der Waals surface area (Å²) in [5, 5.41) is 0. The van der Waals surface area contributed by atoms with E-state index >= 15 is 0 Å². The number of carbonyl (C=O) groups is 3. The quantitative estimate of drug-likeness (QED) is 0.407. The van der Waals surface area contributed by atoms with Crippen LogP contribution in [-0.4, -0.2) is 36.7 Å². The maximum absolute atomic E-state index is 12.0. The van der Waals surface area contributed by atoms with Gasteiger partial charge in [0.1, 0.15) is 5.92 Å². The van der Waals surface area contributed by atoms with Gasteiger partial charge in [0.25, 0.3) is 0 Å². The number of hydrogen-bond donors (Lipinski definition) is 0. The van der Waals surface area contributed by atoms with Gasteiger partial charge in [0.2, 0.25) is 0 Å². The molecule has 2 aliphatic heterocycles. The third-order valence-corrected chi connectivity index (χ3v) is 3.13. The first-order valence-corrected chi connectivity index (χ1v) is 5.77. The van der Waals surface area contributed by atoms with Crippen molar-refractivity contribution in [1.29, 1.82) is 0 Å². The molecule has 3 atom stereocenters. The van der Waals surface area contributed by atoms with Crippen LogP contribution in [0, 0.1) is 11.8 Å². The van der Waals surface area contributed by atoms with E-state index in [1.54, 1.807) is 19.9 Å². The summed E-state index contributed by atoms with van der Waals surface area (Å²) in [5.74, 6) is -3.70. The molecule has 2 heterocycles. The smallest absolute Gasteiger partial charge is 0.343 e. The summed E-state index contributed by atoms with van der Waals surface area (Å²) in [6.07, 6.45) is 3.05. The molecule has 6 nitrogen and oxygen atoms in total. The molecule has 2 rings (SSSR count). The topological polar surface area (TPSA) is 78.9 Å². The third kappa shape index (κ3) is 1.64. The van der Waals surface area contributed by atoms with Crippen LogP contribution in [0.15, 0.2) is 12.2 Å². The van der Waals surface area contributed by atoms with Crippen LogP contribution in [0.2, 0.25) is 0 Å².